The van der Waals surface area contributed by atoms with Gasteiger partial charge in [0.05, 0.1) is 12.2 Å². The van der Waals surface area contributed by atoms with Gasteiger partial charge in [0.1, 0.15) is 11.4 Å². The van der Waals surface area contributed by atoms with Crippen LogP contribution in [0.25, 0.3) is 11.3 Å². The van der Waals surface area contributed by atoms with Crippen LogP contribution in [0.1, 0.15) is 18.9 Å². The number of benzene rings is 1. The number of aromatic nitrogens is 4. The Hall–Kier alpha value is -3.23. The Morgan fingerprint density at radius 1 is 0.926 bits per heavy atom. The Morgan fingerprint density at radius 3 is 2.22 bits per heavy atom. The number of ether oxygens (including phenoxy) is 2. The molecule has 0 amide bonds. The summed E-state index contributed by atoms with van der Waals surface area (Å²) in [5.74, 6) is 0.330. The van der Waals surface area contributed by atoms with E-state index in [1.165, 1.54) is 36.9 Å². The molecule has 0 aliphatic heterocycles. The standard InChI is InChI=1S/C18H15F3N4O2/c1-2-9-26-17-24-10-12(11-25-17)15-16(23-8-7-22-15)27-14-5-3-13(4-6-14)18(19,20)21/h3-8,10-11H,2,9H2,1H3. The first-order valence-corrected chi connectivity index (χ1v) is 8.08. The van der Waals surface area contributed by atoms with Crippen molar-refractivity contribution >= 4 is 0 Å². The molecule has 9 heteroatoms. The third-order valence-electron chi connectivity index (χ3n) is 3.40. The second kappa shape index (κ2) is 7.98. The van der Waals surface area contributed by atoms with Gasteiger partial charge in [-0.25, -0.2) is 19.9 Å². The van der Waals surface area contributed by atoms with Gasteiger partial charge < -0.3 is 9.47 Å². The topological polar surface area (TPSA) is 70.0 Å². The lowest BCUT2D eigenvalue weighted by molar-refractivity contribution is -0.137. The molecule has 0 fully saturated rings. The lowest BCUT2D eigenvalue weighted by Gasteiger charge is -2.10. The second-order valence-electron chi connectivity index (χ2n) is 5.44. The fourth-order valence-corrected chi connectivity index (χ4v) is 2.13. The normalized spacial score (nSPS) is 11.3. The minimum absolute atomic E-state index is 0.128. The van der Waals surface area contributed by atoms with Crippen molar-refractivity contribution in [2.45, 2.75) is 19.5 Å². The van der Waals surface area contributed by atoms with Gasteiger partial charge in [0.25, 0.3) is 0 Å². The van der Waals surface area contributed by atoms with Crippen molar-refractivity contribution in [3.63, 3.8) is 0 Å². The molecule has 6 nitrogen and oxygen atoms in total. The van der Waals surface area contributed by atoms with E-state index in [1.807, 2.05) is 6.92 Å². The molecular weight excluding hydrogens is 361 g/mol. The van der Waals surface area contributed by atoms with Gasteiger partial charge >= 0.3 is 12.2 Å². The summed E-state index contributed by atoms with van der Waals surface area (Å²) in [5.41, 5.74) is 0.138. The Labute approximate surface area is 153 Å². The molecule has 0 aliphatic carbocycles. The average Bonchev–Trinajstić information content (AvgIpc) is 2.67. The largest absolute Gasteiger partial charge is 0.463 e. The lowest BCUT2D eigenvalue weighted by Crippen LogP contribution is -2.04. The number of alkyl halides is 3. The fraction of sp³-hybridized carbons (Fsp3) is 0.222. The van der Waals surface area contributed by atoms with Crippen LogP contribution in [-0.4, -0.2) is 26.5 Å². The van der Waals surface area contributed by atoms with Crippen LogP contribution in [0.5, 0.6) is 17.6 Å². The summed E-state index contributed by atoms with van der Waals surface area (Å²) in [6.07, 6.45) is 2.34. The molecule has 1 aromatic carbocycles. The van der Waals surface area contributed by atoms with Crippen molar-refractivity contribution in [2.75, 3.05) is 6.61 Å². The number of hydrogen-bond acceptors (Lipinski definition) is 6. The predicted molar refractivity (Wildman–Crippen MR) is 90.4 cm³/mol. The summed E-state index contributed by atoms with van der Waals surface area (Å²) in [5, 5.41) is 0. The van der Waals surface area contributed by atoms with Crippen molar-refractivity contribution < 1.29 is 22.6 Å². The highest BCUT2D eigenvalue weighted by atomic mass is 19.4. The van der Waals surface area contributed by atoms with Crippen molar-refractivity contribution in [3.8, 4) is 28.9 Å². The summed E-state index contributed by atoms with van der Waals surface area (Å²) < 4.78 is 48.9. The Kier molecular flexibility index (Phi) is 5.49. The second-order valence-corrected chi connectivity index (χ2v) is 5.44. The van der Waals surface area contributed by atoms with E-state index in [-0.39, 0.29) is 17.6 Å². The maximum Gasteiger partial charge on any atom is 0.416 e. The number of nitrogens with zero attached hydrogens (tertiary/aromatic N) is 4. The monoisotopic (exact) mass is 376 g/mol. The molecular formula is C18H15F3N4O2. The molecule has 0 unspecified atom stereocenters. The van der Waals surface area contributed by atoms with Gasteiger partial charge in [-0.1, -0.05) is 6.92 Å². The summed E-state index contributed by atoms with van der Waals surface area (Å²) in [6.45, 7) is 2.48. The van der Waals surface area contributed by atoms with E-state index in [0.29, 0.717) is 17.9 Å². The first kappa shape index (κ1) is 18.6. The van der Waals surface area contributed by atoms with E-state index in [9.17, 15) is 13.2 Å². The molecule has 3 aromatic rings. The number of hydrogen-bond donors (Lipinski definition) is 0. The van der Waals surface area contributed by atoms with Crippen LogP contribution in [0.2, 0.25) is 0 Å². The molecule has 0 saturated heterocycles. The highest BCUT2D eigenvalue weighted by molar-refractivity contribution is 5.62. The highest BCUT2D eigenvalue weighted by Gasteiger charge is 2.30. The molecule has 0 saturated carbocycles. The van der Waals surface area contributed by atoms with Crippen LogP contribution in [0, 0.1) is 0 Å². The van der Waals surface area contributed by atoms with Crippen LogP contribution in [0.3, 0.4) is 0 Å². The summed E-state index contributed by atoms with van der Waals surface area (Å²) in [6, 6.07) is 4.57. The summed E-state index contributed by atoms with van der Waals surface area (Å²) in [7, 11) is 0. The average molecular weight is 376 g/mol. The SMILES string of the molecule is CCCOc1ncc(-c2nccnc2Oc2ccc(C(F)(F)F)cc2)cn1. The predicted octanol–water partition coefficient (Wildman–Crippen LogP) is 4.53. The minimum Gasteiger partial charge on any atom is -0.463 e. The molecule has 0 aliphatic rings. The maximum absolute atomic E-state index is 12.7. The van der Waals surface area contributed by atoms with E-state index < -0.39 is 11.7 Å². The van der Waals surface area contributed by atoms with Crippen LogP contribution in [0.15, 0.2) is 49.1 Å². The number of halogens is 3. The molecule has 0 atom stereocenters. The molecule has 2 heterocycles. The molecule has 27 heavy (non-hydrogen) atoms. The lowest BCUT2D eigenvalue weighted by atomic mass is 10.2. The zero-order valence-corrected chi connectivity index (χ0v) is 14.3. The van der Waals surface area contributed by atoms with Gasteiger partial charge in [0.15, 0.2) is 0 Å². The van der Waals surface area contributed by atoms with Gasteiger partial charge in [0, 0.05) is 30.4 Å². The van der Waals surface area contributed by atoms with Crippen LogP contribution in [0.4, 0.5) is 13.2 Å². The minimum atomic E-state index is -4.41. The van der Waals surface area contributed by atoms with Crippen LogP contribution >= 0.6 is 0 Å². The first-order valence-electron chi connectivity index (χ1n) is 8.08. The fourth-order valence-electron chi connectivity index (χ4n) is 2.13. The zero-order valence-electron chi connectivity index (χ0n) is 14.3. The summed E-state index contributed by atoms with van der Waals surface area (Å²) >= 11 is 0. The van der Waals surface area contributed by atoms with Crippen molar-refractivity contribution in [1.29, 1.82) is 0 Å². The van der Waals surface area contributed by atoms with E-state index in [2.05, 4.69) is 19.9 Å². The maximum atomic E-state index is 12.7. The first-order chi connectivity index (χ1) is 13.0. The smallest absolute Gasteiger partial charge is 0.416 e. The third kappa shape index (κ3) is 4.69. The quantitative estimate of drug-likeness (QED) is 0.629. The van der Waals surface area contributed by atoms with Crippen molar-refractivity contribution in [1.82, 2.24) is 19.9 Å². The molecule has 0 N–H and O–H groups in total. The third-order valence-corrected chi connectivity index (χ3v) is 3.40. The van der Waals surface area contributed by atoms with Gasteiger partial charge in [0.2, 0.25) is 5.88 Å². The van der Waals surface area contributed by atoms with Crippen LogP contribution in [-0.2, 0) is 6.18 Å². The molecule has 0 spiro atoms. The Balaban J connectivity index is 1.82. The zero-order chi connectivity index (χ0) is 19.3. The molecule has 3 rings (SSSR count). The molecule has 0 radical (unpaired) electrons. The molecule has 2 aromatic heterocycles. The Bertz CT molecular complexity index is 884. The van der Waals surface area contributed by atoms with E-state index in [4.69, 9.17) is 9.47 Å². The number of rotatable bonds is 6. The van der Waals surface area contributed by atoms with E-state index in [0.717, 1.165) is 18.6 Å². The van der Waals surface area contributed by atoms with E-state index in [1.54, 1.807) is 0 Å². The molecule has 0 bridgehead atoms. The van der Waals surface area contributed by atoms with Gasteiger partial charge in [-0.05, 0) is 30.7 Å². The molecule has 140 valence electrons. The highest BCUT2D eigenvalue weighted by Crippen LogP contribution is 2.33. The van der Waals surface area contributed by atoms with Crippen molar-refractivity contribution in [2.24, 2.45) is 0 Å². The summed E-state index contributed by atoms with van der Waals surface area (Å²) in [4.78, 5) is 16.5. The van der Waals surface area contributed by atoms with Gasteiger partial charge in [-0.3, -0.25) is 0 Å². The van der Waals surface area contributed by atoms with Gasteiger partial charge in [-0.15, -0.1) is 0 Å². The van der Waals surface area contributed by atoms with Gasteiger partial charge in [-0.2, -0.15) is 13.2 Å². The van der Waals surface area contributed by atoms with Crippen LogP contribution < -0.4 is 9.47 Å². The Morgan fingerprint density at radius 2 is 1.59 bits per heavy atom. The van der Waals surface area contributed by atoms with Crippen molar-refractivity contribution in [3.05, 3.63) is 54.6 Å². The van der Waals surface area contributed by atoms with E-state index >= 15 is 0 Å².